The van der Waals surface area contributed by atoms with E-state index >= 15 is 0 Å². The third-order valence-electron chi connectivity index (χ3n) is 2.94. The van der Waals surface area contributed by atoms with E-state index in [0.717, 1.165) is 10.9 Å². The fourth-order valence-electron chi connectivity index (χ4n) is 1.90. The monoisotopic (exact) mass is 280 g/mol. The van der Waals surface area contributed by atoms with E-state index in [1.807, 2.05) is 24.3 Å². The molecule has 21 heavy (non-hydrogen) atoms. The molecule has 0 saturated carbocycles. The lowest BCUT2D eigenvalue weighted by atomic mass is 10.2. The van der Waals surface area contributed by atoms with Crippen molar-refractivity contribution in [3.05, 3.63) is 54.4 Å². The minimum Gasteiger partial charge on any atom is -0.480 e. The Balaban J connectivity index is 1.81. The van der Waals surface area contributed by atoms with Crippen molar-refractivity contribution >= 4 is 22.5 Å². The number of fused-ring (bicyclic) bond motifs is 1. The summed E-state index contributed by atoms with van der Waals surface area (Å²) in [6.07, 6.45) is 1.73. The van der Waals surface area contributed by atoms with Gasteiger partial charge in [0.05, 0.1) is 12.6 Å². The summed E-state index contributed by atoms with van der Waals surface area (Å²) in [6, 6.07) is 12.4. The molecule has 0 fully saturated rings. The van der Waals surface area contributed by atoms with Crippen molar-refractivity contribution in [1.29, 1.82) is 0 Å². The quantitative estimate of drug-likeness (QED) is 0.796. The second-order valence-corrected chi connectivity index (χ2v) is 4.33. The molecule has 0 atom stereocenters. The number of amides is 1. The van der Waals surface area contributed by atoms with Crippen LogP contribution in [0.15, 0.2) is 48.7 Å². The van der Waals surface area contributed by atoms with Crippen molar-refractivity contribution in [1.82, 2.24) is 15.2 Å². The highest BCUT2D eigenvalue weighted by atomic mass is 16.5. The van der Waals surface area contributed by atoms with Crippen molar-refractivity contribution in [3.8, 4) is 5.88 Å². The molecule has 0 unspecified atom stereocenters. The normalized spacial score (nSPS) is 10.3. The molecule has 104 valence electrons. The summed E-state index contributed by atoms with van der Waals surface area (Å²) in [7, 11) is 1.49. The van der Waals surface area contributed by atoms with Crippen molar-refractivity contribution in [2.45, 2.75) is 0 Å². The van der Waals surface area contributed by atoms with Crippen LogP contribution in [0.1, 0.15) is 10.5 Å². The Morgan fingerprint density at radius 2 is 2.05 bits per heavy atom. The number of methoxy groups -OCH3 is 1. The largest absolute Gasteiger partial charge is 0.480 e. The summed E-state index contributed by atoms with van der Waals surface area (Å²) in [5.74, 6) is 0.0386. The molecular weight excluding hydrogens is 268 g/mol. The fraction of sp³-hybridized carbons (Fsp3) is 0.0667. The number of hydrogen-bond donors (Lipinski definition) is 1. The highest BCUT2D eigenvalue weighted by Gasteiger charge is 2.09. The number of ether oxygens (including phenoxy) is 1. The van der Waals surface area contributed by atoms with Crippen molar-refractivity contribution in [3.63, 3.8) is 0 Å². The maximum atomic E-state index is 12.1. The van der Waals surface area contributed by atoms with Crippen LogP contribution in [0.4, 0.5) is 5.69 Å². The van der Waals surface area contributed by atoms with Crippen LogP contribution in [-0.2, 0) is 0 Å². The molecule has 6 nitrogen and oxygen atoms in total. The molecule has 3 rings (SSSR count). The van der Waals surface area contributed by atoms with Crippen molar-refractivity contribution < 1.29 is 9.53 Å². The van der Waals surface area contributed by atoms with Crippen molar-refractivity contribution in [2.24, 2.45) is 0 Å². The topological polar surface area (TPSA) is 77.0 Å². The number of pyridine rings is 1. The van der Waals surface area contributed by atoms with E-state index in [1.54, 1.807) is 24.4 Å². The lowest BCUT2D eigenvalue weighted by Crippen LogP contribution is -2.14. The maximum absolute atomic E-state index is 12.1. The van der Waals surface area contributed by atoms with Gasteiger partial charge in [-0.2, -0.15) is 0 Å². The van der Waals surface area contributed by atoms with Gasteiger partial charge < -0.3 is 10.1 Å². The van der Waals surface area contributed by atoms with E-state index < -0.39 is 0 Å². The van der Waals surface area contributed by atoms with E-state index in [9.17, 15) is 4.79 Å². The summed E-state index contributed by atoms with van der Waals surface area (Å²) in [4.78, 5) is 16.3. The van der Waals surface area contributed by atoms with Crippen LogP contribution in [0.2, 0.25) is 0 Å². The zero-order valence-electron chi connectivity index (χ0n) is 11.3. The third kappa shape index (κ3) is 2.79. The molecule has 0 bridgehead atoms. The van der Waals surface area contributed by atoms with Crippen LogP contribution in [0.5, 0.6) is 5.88 Å². The molecule has 2 aromatic heterocycles. The minimum atomic E-state index is -0.326. The molecule has 0 spiro atoms. The third-order valence-corrected chi connectivity index (χ3v) is 2.94. The Labute approximate surface area is 120 Å². The number of anilines is 1. The molecule has 2 heterocycles. The summed E-state index contributed by atoms with van der Waals surface area (Å²) >= 11 is 0. The summed E-state index contributed by atoms with van der Waals surface area (Å²) < 4.78 is 4.90. The molecule has 3 aromatic rings. The molecule has 0 aliphatic carbocycles. The van der Waals surface area contributed by atoms with Gasteiger partial charge in [-0.3, -0.25) is 9.78 Å². The van der Waals surface area contributed by atoms with E-state index in [2.05, 4.69) is 20.5 Å². The van der Waals surface area contributed by atoms with E-state index in [0.29, 0.717) is 11.6 Å². The Kier molecular flexibility index (Phi) is 3.42. The zero-order valence-corrected chi connectivity index (χ0v) is 11.3. The fourth-order valence-corrected chi connectivity index (χ4v) is 1.90. The summed E-state index contributed by atoms with van der Waals surface area (Å²) in [5, 5.41) is 11.3. The van der Waals surface area contributed by atoms with Crippen LogP contribution in [0.25, 0.3) is 10.9 Å². The molecule has 1 aromatic carbocycles. The lowest BCUT2D eigenvalue weighted by molar-refractivity contribution is 0.102. The molecular formula is C15H12N4O2. The van der Waals surface area contributed by atoms with Gasteiger partial charge in [-0.05, 0) is 30.3 Å². The van der Waals surface area contributed by atoms with Gasteiger partial charge in [0.1, 0.15) is 0 Å². The Morgan fingerprint density at radius 3 is 2.81 bits per heavy atom. The number of carbonyl (C=O) groups is 1. The molecule has 0 radical (unpaired) electrons. The van der Waals surface area contributed by atoms with Gasteiger partial charge in [-0.25, -0.2) is 0 Å². The maximum Gasteiger partial charge on any atom is 0.276 e. The predicted molar refractivity (Wildman–Crippen MR) is 78.3 cm³/mol. The van der Waals surface area contributed by atoms with E-state index in [-0.39, 0.29) is 11.6 Å². The first kappa shape index (κ1) is 13.0. The molecule has 1 amide bonds. The Morgan fingerprint density at radius 1 is 1.14 bits per heavy atom. The lowest BCUT2D eigenvalue weighted by Gasteiger charge is -2.06. The number of aromatic nitrogens is 3. The molecule has 6 heteroatoms. The highest BCUT2D eigenvalue weighted by Crippen LogP contribution is 2.17. The van der Waals surface area contributed by atoms with Crippen molar-refractivity contribution in [2.75, 3.05) is 12.4 Å². The van der Waals surface area contributed by atoms with Crippen LogP contribution in [0.3, 0.4) is 0 Å². The minimum absolute atomic E-state index is 0.224. The second-order valence-electron chi connectivity index (χ2n) is 4.33. The van der Waals surface area contributed by atoms with Gasteiger partial charge in [-0.1, -0.05) is 6.07 Å². The standard InChI is InChI=1S/C15H12N4O2/c1-21-14-7-6-13(18-19-14)15(20)17-11-4-5-12-10(9-11)3-2-8-16-12/h2-9H,1H3,(H,17,20). The summed E-state index contributed by atoms with van der Waals surface area (Å²) in [6.45, 7) is 0. The smallest absolute Gasteiger partial charge is 0.276 e. The first-order chi connectivity index (χ1) is 10.3. The number of hydrogen-bond acceptors (Lipinski definition) is 5. The number of benzene rings is 1. The first-order valence-electron chi connectivity index (χ1n) is 6.30. The Bertz CT molecular complexity index is 787. The van der Waals surface area contributed by atoms with Crippen LogP contribution in [0, 0.1) is 0 Å². The van der Waals surface area contributed by atoms with Gasteiger partial charge in [0.2, 0.25) is 5.88 Å². The zero-order chi connectivity index (χ0) is 14.7. The SMILES string of the molecule is COc1ccc(C(=O)Nc2ccc3ncccc3c2)nn1. The summed E-state index contributed by atoms with van der Waals surface area (Å²) in [5.41, 5.74) is 1.78. The van der Waals surface area contributed by atoms with Gasteiger partial charge in [0.25, 0.3) is 5.91 Å². The number of carbonyl (C=O) groups excluding carboxylic acids is 1. The van der Waals surface area contributed by atoms with Gasteiger partial charge in [0.15, 0.2) is 5.69 Å². The number of nitrogens with one attached hydrogen (secondary N) is 1. The number of nitrogens with zero attached hydrogens (tertiary/aromatic N) is 3. The first-order valence-corrected chi connectivity index (χ1v) is 6.30. The average molecular weight is 280 g/mol. The second kappa shape index (κ2) is 5.54. The molecule has 0 saturated heterocycles. The van der Waals surface area contributed by atoms with Gasteiger partial charge >= 0.3 is 0 Å². The van der Waals surface area contributed by atoms with E-state index in [1.165, 1.54) is 7.11 Å². The van der Waals surface area contributed by atoms with E-state index in [4.69, 9.17) is 4.74 Å². The van der Waals surface area contributed by atoms with Crippen LogP contribution < -0.4 is 10.1 Å². The predicted octanol–water partition coefficient (Wildman–Crippen LogP) is 2.29. The average Bonchev–Trinajstić information content (AvgIpc) is 2.55. The van der Waals surface area contributed by atoms with Crippen LogP contribution >= 0.6 is 0 Å². The van der Waals surface area contributed by atoms with Gasteiger partial charge in [-0.15, -0.1) is 10.2 Å². The molecule has 1 N–H and O–H groups in total. The molecule has 0 aliphatic heterocycles. The van der Waals surface area contributed by atoms with Gasteiger partial charge in [0, 0.05) is 23.3 Å². The highest BCUT2D eigenvalue weighted by molar-refractivity contribution is 6.03. The number of rotatable bonds is 3. The van der Waals surface area contributed by atoms with Crippen LogP contribution in [-0.4, -0.2) is 28.2 Å². The Hall–Kier alpha value is -3.02. The molecule has 0 aliphatic rings.